The van der Waals surface area contributed by atoms with E-state index in [1.54, 1.807) is 32.2 Å². The lowest BCUT2D eigenvalue weighted by molar-refractivity contribution is -0.384. The molecule has 2 aromatic carbocycles. The number of nitro benzene ring substituents is 1. The Morgan fingerprint density at radius 2 is 1.68 bits per heavy atom. The number of methoxy groups -OCH3 is 3. The van der Waals surface area contributed by atoms with Crippen molar-refractivity contribution in [2.24, 2.45) is 0 Å². The number of hydrogen-bond acceptors (Lipinski definition) is 7. The summed E-state index contributed by atoms with van der Waals surface area (Å²) in [6.45, 7) is 0.583. The van der Waals surface area contributed by atoms with E-state index in [1.807, 2.05) is 12.1 Å². The molecule has 0 aromatic heterocycles. The van der Waals surface area contributed by atoms with Crippen molar-refractivity contribution in [2.45, 2.75) is 6.54 Å². The minimum absolute atomic E-state index is 0.0835. The largest absolute Gasteiger partial charge is 0.495 e. The van der Waals surface area contributed by atoms with Crippen molar-refractivity contribution in [2.75, 3.05) is 40.2 Å². The first-order valence-corrected chi connectivity index (χ1v) is 8.39. The normalized spacial score (nSPS) is 10.5. The number of non-ortho nitro benzene ring substituents is 1. The number of nitrogens with one attached hydrogen (secondary N) is 1. The number of amides is 1. The highest BCUT2D eigenvalue weighted by Crippen LogP contribution is 2.29. The van der Waals surface area contributed by atoms with Crippen LogP contribution in [0.2, 0.25) is 0 Å². The molecule has 0 saturated carbocycles. The highest BCUT2D eigenvalue weighted by atomic mass is 16.6. The van der Waals surface area contributed by atoms with Crippen LogP contribution in [0.5, 0.6) is 17.2 Å². The summed E-state index contributed by atoms with van der Waals surface area (Å²) < 4.78 is 15.6. The molecule has 0 radical (unpaired) electrons. The third-order valence-electron chi connectivity index (χ3n) is 3.98. The third kappa shape index (κ3) is 5.34. The van der Waals surface area contributed by atoms with Gasteiger partial charge in [-0.1, -0.05) is 6.07 Å². The molecule has 1 N–H and O–H groups in total. The van der Waals surface area contributed by atoms with Gasteiger partial charge in [0.1, 0.15) is 5.75 Å². The van der Waals surface area contributed by atoms with Gasteiger partial charge in [0.05, 0.1) is 38.5 Å². The predicted molar refractivity (Wildman–Crippen MR) is 104 cm³/mol. The molecule has 0 aliphatic carbocycles. The van der Waals surface area contributed by atoms with Gasteiger partial charge in [-0.3, -0.25) is 19.8 Å². The average Bonchev–Trinajstić information content (AvgIpc) is 2.67. The zero-order chi connectivity index (χ0) is 20.7. The van der Waals surface area contributed by atoms with Gasteiger partial charge in [0.15, 0.2) is 11.5 Å². The van der Waals surface area contributed by atoms with Gasteiger partial charge in [-0.2, -0.15) is 0 Å². The Balaban J connectivity index is 2.03. The SMILES string of the molecule is COc1ccc([N+](=O)[O-])cc1NC(=O)CN(C)Cc1ccc(OC)c(OC)c1. The minimum atomic E-state index is -0.529. The van der Waals surface area contributed by atoms with E-state index in [-0.39, 0.29) is 23.8 Å². The zero-order valence-corrected chi connectivity index (χ0v) is 16.2. The number of likely N-dealkylation sites (N-methyl/N-ethyl adjacent to an activating group) is 1. The lowest BCUT2D eigenvalue weighted by Gasteiger charge is -2.18. The van der Waals surface area contributed by atoms with Gasteiger partial charge >= 0.3 is 0 Å². The summed E-state index contributed by atoms with van der Waals surface area (Å²) in [7, 11) is 6.35. The number of hydrogen-bond donors (Lipinski definition) is 1. The predicted octanol–water partition coefficient (Wildman–Crippen LogP) is 2.69. The minimum Gasteiger partial charge on any atom is -0.495 e. The molecule has 9 nitrogen and oxygen atoms in total. The first kappa shape index (κ1) is 21.0. The Kier molecular flexibility index (Phi) is 7.16. The topological polar surface area (TPSA) is 103 Å². The molecule has 28 heavy (non-hydrogen) atoms. The number of nitro groups is 1. The van der Waals surface area contributed by atoms with Crippen LogP contribution in [0, 0.1) is 10.1 Å². The van der Waals surface area contributed by atoms with E-state index in [0.29, 0.717) is 23.8 Å². The van der Waals surface area contributed by atoms with Crippen LogP contribution >= 0.6 is 0 Å². The Morgan fingerprint density at radius 3 is 2.29 bits per heavy atom. The second kappa shape index (κ2) is 9.56. The fourth-order valence-electron chi connectivity index (χ4n) is 2.69. The first-order valence-electron chi connectivity index (χ1n) is 8.39. The van der Waals surface area contributed by atoms with Crippen LogP contribution in [-0.2, 0) is 11.3 Å². The van der Waals surface area contributed by atoms with Crippen LogP contribution in [-0.4, -0.2) is 50.7 Å². The number of rotatable bonds is 9. The third-order valence-corrected chi connectivity index (χ3v) is 3.98. The van der Waals surface area contributed by atoms with Gasteiger partial charge in [0.2, 0.25) is 5.91 Å². The van der Waals surface area contributed by atoms with Crippen LogP contribution in [0.4, 0.5) is 11.4 Å². The molecule has 2 rings (SSSR count). The molecule has 0 aliphatic heterocycles. The number of ether oxygens (including phenoxy) is 3. The summed E-state index contributed by atoms with van der Waals surface area (Å²) in [5.41, 5.74) is 1.07. The van der Waals surface area contributed by atoms with E-state index < -0.39 is 4.92 Å². The standard InChI is InChI=1S/C19H23N3O6/c1-21(11-13-5-7-17(27-3)18(9-13)28-4)12-19(23)20-15-10-14(22(24)25)6-8-16(15)26-2/h5-10H,11-12H2,1-4H3,(H,20,23). The molecule has 0 spiro atoms. The van der Waals surface area contributed by atoms with Gasteiger partial charge in [-0.05, 0) is 30.8 Å². The molecule has 2 aromatic rings. The zero-order valence-electron chi connectivity index (χ0n) is 16.2. The lowest BCUT2D eigenvalue weighted by Crippen LogP contribution is -2.30. The highest BCUT2D eigenvalue weighted by molar-refractivity contribution is 5.94. The first-order chi connectivity index (χ1) is 13.4. The maximum Gasteiger partial charge on any atom is 0.271 e. The van der Waals surface area contributed by atoms with Crippen molar-refractivity contribution < 1.29 is 23.9 Å². The molecule has 9 heteroatoms. The molecule has 0 unspecified atom stereocenters. The smallest absolute Gasteiger partial charge is 0.271 e. The number of anilines is 1. The fourth-order valence-corrected chi connectivity index (χ4v) is 2.69. The van der Waals surface area contributed by atoms with Crippen molar-refractivity contribution in [3.8, 4) is 17.2 Å². The molecular formula is C19H23N3O6. The van der Waals surface area contributed by atoms with Crippen LogP contribution in [0.25, 0.3) is 0 Å². The van der Waals surface area contributed by atoms with E-state index in [4.69, 9.17) is 14.2 Å². The maximum atomic E-state index is 12.4. The van der Waals surface area contributed by atoms with Crippen molar-refractivity contribution >= 4 is 17.3 Å². The molecule has 0 bridgehead atoms. The Hall–Kier alpha value is -3.33. The summed E-state index contributed by atoms with van der Waals surface area (Å²) in [5, 5.41) is 13.6. The van der Waals surface area contributed by atoms with E-state index >= 15 is 0 Å². The molecule has 1 amide bonds. The summed E-state index contributed by atoms with van der Waals surface area (Å²) in [6, 6.07) is 9.57. The number of benzene rings is 2. The van der Waals surface area contributed by atoms with Crippen molar-refractivity contribution in [3.05, 3.63) is 52.1 Å². The fraction of sp³-hybridized carbons (Fsp3) is 0.316. The van der Waals surface area contributed by atoms with Crippen LogP contribution in [0.1, 0.15) is 5.56 Å². The van der Waals surface area contributed by atoms with E-state index in [2.05, 4.69) is 5.32 Å². The van der Waals surface area contributed by atoms with Crippen LogP contribution in [0.3, 0.4) is 0 Å². The number of carbonyl (C=O) groups is 1. The van der Waals surface area contributed by atoms with Gasteiger partial charge in [-0.25, -0.2) is 0 Å². The molecule has 0 aliphatic rings. The Morgan fingerprint density at radius 1 is 1.04 bits per heavy atom. The van der Waals surface area contributed by atoms with E-state index in [0.717, 1.165) is 5.56 Å². The van der Waals surface area contributed by atoms with Gasteiger partial charge in [0.25, 0.3) is 5.69 Å². The van der Waals surface area contributed by atoms with E-state index in [1.165, 1.54) is 25.3 Å². The molecular weight excluding hydrogens is 366 g/mol. The summed E-state index contributed by atoms with van der Waals surface area (Å²) >= 11 is 0. The van der Waals surface area contributed by atoms with Crippen LogP contribution < -0.4 is 19.5 Å². The maximum absolute atomic E-state index is 12.4. The monoisotopic (exact) mass is 389 g/mol. The molecule has 150 valence electrons. The molecule has 0 saturated heterocycles. The van der Waals surface area contributed by atoms with Gasteiger partial charge in [0, 0.05) is 18.7 Å². The quantitative estimate of drug-likeness (QED) is 0.519. The summed E-state index contributed by atoms with van der Waals surface area (Å²) in [5.74, 6) is 1.27. The number of nitrogens with zero attached hydrogens (tertiary/aromatic N) is 2. The number of carbonyl (C=O) groups excluding carboxylic acids is 1. The van der Waals surface area contributed by atoms with Crippen molar-refractivity contribution in [3.63, 3.8) is 0 Å². The Bertz CT molecular complexity index is 856. The van der Waals surface area contributed by atoms with Crippen molar-refractivity contribution in [1.82, 2.24) is 4.90 Å². The van der Waals surface area contributed by atoms with Crippen molar-refractivity contribution in [1.29, 1.82) is 0 Å². The van der Waals surface area contributed by atoms with Crippen LogP contribution in [0.15, 0.2) is 36.4 Å². The second-order valence-electron chi connectivity index (χ2n) is 6.05. The lowest BCUT2D eigenvalue weighted by atomic mass is 10.2. The second-order valence-corrected chi connectivity index (χ2v) is 6.05. The van der Waals surface area contributed by atoms with Gasteiger partial charge < -0.3 is 19.5 Å². The molecule has 0 atom stereocenters. The average molecular weight is 389 g/mol. The highest BCUT2D eigenvalue weighted by Gasteiger charge is 2.15. The summed E-state index contributed by atoms with van der Waals surface area (Å²) in [6.07, 6.45) is 0. The summed E-state index contributed by atoms with van der Waals surface area (Å²) in [4.78, 5) is 24.6. The molecule has 0 fully saturated rings. The van der Waals surface area contributed by atoms with Gasteiger partial charge in [-0.15, -0.1) is 0 Å². The van der Waals surface area contributed by atoms with E-state index in [9.17, 15) is 14.9 Å². The molecule has 0 heterocycles. The Labute approximate surface area is 163 Å².